The Morgan fingerprint density at radius 2 is 1.80 bits per heavy atom. The van der Waals surface area contributed by atoms with Crippen LogP contribution < -0.4 is 5.19 Å². The number of ether oxygens (including phenoxy) is 1. The van der Waals surface area contributed by atoms with E-state index in [1.54, 1.807) is 6.92 Å². The highest BCUT2D eigenvalue weighted by Crippen LogP contribution is 2.31. The Labute approximate surface area is 123 Å². The van der Waals surface area contributed by atoms with Crippen LogP contribution in [0.25, 0.3) is 0 Å². The number of aliphatic hydroxyl groups is 1. The molecule has 1 rings (SSSR count). The van der Waals surface area contributed by atoms with Crippen molar-refractivity contribution in [3.05, 3.63) is 30.3 Å². The van der Waals surface area contributed by atoms with Crippen LogP contribution in [-0.2, 0) is 9.53 Å². The molecule has 0 fully saturated rings. The second kappa shape index (κ2) is 7.04. The number of hydrogen-bond donors (Lipinski definition) is 1. The second-order valence-corrected chi connectivity index (χ2v) is 10.7. The summed E-state index contributed by atoms with van der Waals surface area (Å²) in [5.41, 5.74) is -0.440. The number of rotatable bonds is 6. The van der Waals surface area contributed by atoms with E-state index in [4.69, 9.17) is 4.74 Å². The van der Waals surface area contributed by atoms with E-state index in [1.807, 2.05) is 44.2 Å². The normalized spacial score (nSPS) is 14.9. The fourth-order valence-electron chi connectivity index (χ4n) is 2.53. The smallest absolute Gasteiger partial charge is 0.309 e. The lowest BCUT2D eigenvalue weighted by Gasteiger charge is -2.36. The number of benzene rings is 1. The van der Waals surface area contributed by atoms with Gasteiger partial charge in [0.1, 0.15) is 0 Å². The molecule has 0 spiro atoms. The lowest BCUT2D eigenvalue weighted by molar-refractivity contribution is -0.146. The number of carbonyl (C=O) groups excluding carboxylic acids is 1. The van der Waals surface area contributed by atoms with Gasteiger partial charge in [-0.15, -0.1) is 0 Å². The van der Waals surface area contributed by atoms with E-state index in [0.29, 0.717) is 6.61 Å². The van der Waals surface area contributed by atoms with Gasteiger partial charge in [0.25, 0.3) is 0 Å². The van der Waals surface area contributed by atoms with Crippen LogP contribution in [0, 0.1) is 5.92 Å². The first-order chi connectivity index (χ1) is 9.32. The summed E-state index contributed by atoms with van der Waals surface area (Å²) in [4.78, 5) is 12.4. The van der Waals surface area contributed by atoms with Crippen molar-refractivity contribution >= 4 is 19.2 Å². The minimum atomic E-state index is -2.16. The van der Waals surface area contributed by atoms with E-state index in [0.717, 1.165) is 5.19 Å². The highest BCUT2D eigenvalue weighted by Gasteiger charge is 2.45. The van der Waals surface area contributed by atoms with Crippen LogP contribution in [0.15, 0.2) is 30.3 Å². The molecule has 1 N–H and O–H groups in total. The molecule has 1 aromatic rings. The van der Waals surface area contributed by atoms with Crippen molar-refractivity contribution in [2.45, 2.75) is 45.5 Å². The van der Waals surface area contributed by atoms with Crippen LogP contribution >= 0.6 is 0 Å². The molecule has 2 unspecified atom stereocenters. The maximum atomic E-state index is 12.4. The quantitative estimate of drug-likeness (QED) is 0.648. The Kier molecular flexibility index (Phi) is 5.96. The van der Waals surface area contributed by atoms with Gasteiger partial charge in [0.15, 0.2) is 0 Å². The Morgan fingerprint density at radius 1 is 1.25 bits per heavy atom. The summed E-state index contributed by atoms with van der Waals surface area (Å²) in [6.07, 6.45) is -0.670. The lowest BCUT2D eigenvalue weighted by Crippen LogP contribution is -2.54. The molecular formula is C16H26O3Si. The fraction of sp³-hybridized carbons (Fsp3) is 0.562. The van der Waals surface area contributed by atoms with Gasteiger partial charge in [0, 0.05) is 0 Å². The number of esters is 1. The lowest BCUT2D eigenvalue weighted by atomic mass is 10.0. The SMILES string of the molecule is CCOC(=O)C(C(O)C(C)C)[Si](C)(C)c1ccccc1. The molecule has 0 radical (unpaired) electrons. The van der Waals surface area contributed by atoms with Crippen LogP contribution in [0.4, 0.5) is 0 Å². The summed E-state index contributed by atoms with van der Waals surface area (Å²) in [6, 6.07) is 10.0. The van der Waals surface area contributed by atoms with Gasteiger partial charge in [0.2, 0.25) is 0 Å². The predicted octanol–water partition coefficient (Wildman–Crippen LogP) is 2.55. The summed E-state index contributed by atoms with van der Waals surface area (Å²) in [5, 5.41) is 11.7. The molecule has 0 aliphatic carbocycles. The molecule has 0 saturated heterocycles. The van der Waals surface area contributed by atoms with Gasteiger partial charge in [-0.1, -0.05) is 62.5 Å². The summed E-state index contributed by atoms with van der Waals surface area (Å²) >= 11 is 0. The van der Waals surface area contributed by atoms with E-state index >= 15 is 0 Å². The van der Waals surface area contributed by atoms with Gasteiger partial charge in [-0.05, 0) is 12.8 Å². The molecule has 112 valence electrons. The van der Waals surface area contributed by atoms with Crippen molar-refractivity contribution < 1.29 is 14.6 Å². The zero-order valence-corrected chi connectivity index (χ0v) is 14.1. The third-order valence-corrected chi connectivity index (χ3v) is 7.81. The molecule has 0 aliphatic rings. The number of carbonyl (C=O) groups is 1. The third-order valence-electron chi connectivity index (χ3n) is 3.86. The summed E-state index contributed by atoms with van der Waals surface area (Å²) < 4.78 is 5.22. The number of aliphatic hydroxyl groups excluding tert-OH is 1. The average Bonchev–Trinajstić information content (AvgIpc) is 2.39. The standard InChI is InChI=1S/C16H26O3Si/c1-6-19-16(18)15(14(17)12(2)3)20(4,5)13-10-8-7-9-11-13/h7-12,14-15,17H,6H2,1-5H3. The Balaban J connectivity index is 3.18. The Bertz CT molecular complexity index is 429. The zero-order valence-electron chi connectivity index (χ0n) is 13.1. The molecular weight excluding hydrogens is 268 g/mol. The van der Waals surface area contributed by atoms with Crippen molar-refractivity contribution in [3.8, 4) is 0 Å². The van der Waals surface area contributed by atoms with Gasteiger partial charge in [-0.25, -0.2) is 0 Å². The molecule has 20 heavy (non-hydrogen) atoms. The largest absolute Gasteiger partial charge is 0.466 e. The Hall–Kier alpha value is -1.13. The molecule has 2 atom stereocenters. The molecule has 3 nitrogen and oxygen atoms in total. The summed E-state index contributed by atoms with van der Waals surface area (Å²) in [5.74, 6) is -0.242. The molecule has 0 aromatic heterocycles. The summed E-state index contributed by atoms with van der Waals surface area (Å²) in [6.45, 7) is 10.3. The summed E-state index contributed by atoms with van der Waals surface area (Å²) in [7, 11) is -2.16. The van der Waals surface area contributed by atoms with Crippen molar-refractivity contribution in [1.29, 1.82) is 0 Å². The first-order valence-corrected chi connectivity index (χ1v) is 10.3. The van der Waals surface area contributed by atoms with Crippen LogP contribution in [0.1, 0.15) is 20.8 Å². The molecule has 0 aliphatic heterocycles. The maximum absolute atomic E-state index is 12.4. The predicted molar refractivity (Wildman–Crippen MR) is 84.8 cm³/mol. The molecule has 4 heteroatoms. The third kappa shape index (κ3) is 3.70. The van der Waals surface area contributed by atoms with Gasteiger partial charge in [-0.2, -0.15) is 0 Å². The van der Waals surface area contributed by atoms with Crippen molar-refractivity contribution in [2.24, 2.45) is 5.92 Å². The minimum absolute atomic E-state index is 0.0277. The average molecular weight is 294 g/mol. The van der Waals surface area contributed by atoms with E-state index < -0.39 is 19.7 Å². The minimum Gasteiger partial charge on any atom is -0.466 e. The molecule has 1 aromatic carbocycles. The van der Waals surface area contributed by atoms with Gasteiger partial charge in [-0.3, -0.25) is 4.79 Å². The monoisotopic (exact) mass is 294 g/mol. The van der Waals surface area contributed by atoms with E-state index in [-0.39, 0.29) is 11.9 Å². The first kappa shape index (κ1) is 16.9. The van der Waals surface area contributed by atoms with E-state index in [9.17, 15) is 9.90 Å². The van der Waals surface area contributed by atoms with Crippen LogP contribution in [-0.4, -0.2) is 31.9 Å². The van der Waals surface area contributed by atoms with Crippen molar-refractivity contribution in [1.82, 2.24) is 0 Å². The zero-order chi connectivity index (χ0) is 15.3. The fourth-order valence-corrected chi connectivity index (χ4v) is 5.85. The van der Waals surface area contributed by atoms with Crippen LogP contribution in [0.3, 0.4) is 0 Å². The van der Waals surface area contributed by atoms with Crippen LogP contribution in [0.5, 0.6) is 0 Å². The number of hydrogen-bond acceptors (Lipinski definition) is 3. The highest BCUT2D eigenvalue weighted by atomic mass is 28.3. The Morgan fingerprint density at radius 3 is 2.25 bits per heavy atom. The van der Waals surface area contributed by atoms with Crippen LogP contribution in [0.2, 0.25) is 18.6 Å². The van der Waals surface area contributed by atoms with E-state index in [2.05, 4.69) is 13.1 Å². The van der Waals surface area contributed by atoms with Gasteiger partial charge >= 0.3 is 5.97 Å². The molecule has 0 bridgehead atoms. The topological polar surface area (TPSA) is 46.5 Å². The molecule has 0 saturated carbocycles. The second-order valence-electron chi connectivity index (χ2n) is 6.05. The van der Waals surface area contributed by atoms with Crippen molar-refractivity contribution in [2.75, 3.05) is 6.61 Å². The first-order valence-electron chi connectivity index (χ1n) is 7.22. The highest BCUT2D eigenvalue weighted by molar-refractivity contribution is 6.93. The van der Waals surface area contributed by atoms with E-state index in [1.165, 1.54) is 0 Å². The maximum Gasteiger partial charge on any atom is 0.309 e. The molecule has 0 heterocycles. The van der Waals surface area contributed by atoms with Crippen molar-refractivity contribution in [3.63, 3.8) is 0 Å². The van der Waals surface area contributed by atoms with Gasteiger partial charge < -0.3 is 9.84 Å². The van der Waals surface area contributed by atoms with Gasteiger partial charge in [0.05, 0.1) is 26.3 Å². The molecule has 0 amide bonds.